The Morgan fingerprint density at radius 3 is 2.82 bits per heavy atom. The zero-order valence-corrected chi connectivity index (χ0v) is 14.3. The molecule has 1 heterocycles. The number of nitrogens with zero attached hydrogens (tertiary/aromatic N) is 1. The van der Waals surface area contributed by atoms with Crippen LogP contribution in [0.25, 0.3) is 0 Å². The molecule has 3 nitrogen and oxygen atoms in total. The first-order valence-corrected chi connectivity index (χ1v) is 9.50. The Balaban J connectivity index is 1.89. The number of rotatable bonds is 7. The van der Waals surface area contributed by atoms with Gasteiger partial charge in [-0.1, -0.05) is 30.3 Å². The summed E-state index contributed by atoms with van der Waals surface area (Å²) < 4.78 is 0. The van der Waals surface area contributed by atoms with Crippen molar-refractivity contribution >= 4 is 17.7 Å². The first kappa shape index (κ1) is 17.4. The molecule has 122 valence electrons. The van der Waals surface area contributed by atoms with Gasteiger partial charge in [0, 0.05) is 18.5 Å². The van der Waals surface area contributed by atoms with E-state index in [-0.39, 0.29) is 17.9 Å². The molecule has 0 radical (unpaired) electrons. The molecular formula is C18H27NO2S. The summed E-state index contributed by atoms with van der Waals surface area (Å²) in [7, 11) is 0. The van der Waals surface area contributed by atoms with Crippen LogP contribution in [0.4, 0.5) is 0 Å². The van der Waals surface area contributed by atoms with Crippen molar-refractivity contribution in [2.75, 3.05) is 31.7 Å². The van der Waals surface area contributed by atoms with Crippen molar-refractivity contribution in [3.8, 4) is 0 Å². The van der Waals surface area contributed by atoms with E-state index in [4.69, 9.17) is 0 Å². The topological polar surface area (TPSA) is 40.5 Å². The Kier molecular flexibility index (Phi) is 6.77. The molecule has 2 rings (SSSR count). The van der Waals surface area contributed by atoms with Crippen molar-refractivity contribution in [2.24, 2.45) is 5.41 Å². The molecule has 1 saturated heterocycles. The van der Waals surface area contributed by atoms with Gasteiger partial charge in [0.05, 0.1) is 12.4 Å². The number of benzene rings is 1. The Hall–Kier alpha value is -1.00. The molecule has 0 aromatic heterocycles. The van der Waals surface area contributed by atoms with Gasteiger partial charge in [0.2, 0.25) is 5.91 Å². The second-order valence-corrected chi connectivity index (χ2v) is 7.22. The van der Waals surface area contributed by atoms with Crippen LogP contribution in [-0.2, 0) is 11.2 Å². The molecule has 1 aliphatic rings. The van der Waals surface area contributed by atoms with E-state index >= 15 is 0 Å². The zero-order chi connectivity index (χ0) is 15.8. The lowest BCUT2D eigenvalue weighted by atomic mass is 9.76. The van der Waals surface area contributed by atoms with E-state index in [0.717, 1.165) is 45.2 Å². The lowest BCUT2D eigenvalue weighted by molar-refractivity contribution is -0.132. The number of aryl methyl sites for hydroxylation is 1. The number of thioether (sulfide) groups is 1. The van der Waals surface area contributed by atoms with Crippen LogP contribution in [0.5, 0.6) is 0 Å². The first-order valence-electron chi connectivity index (χ1n) is 8.11. The summed E-state index contributed by atoms with van der Waals surface area (Å²) in [6.45, 7) is 1.75. The second-order valence-electron chi connectivity index (χ2n) is 6.35. The molecule has 1 fully saturated rings. The maximum absolute atomic E-state index is 12.1. The predicted octanol–water partition coefficient (Wildman–Crippen LogP) is 2.97. The van der Waals surface area contributed by atoms with Gasteiger partial charge >= 0.3 is 0 Å². The van der Waals surface area contributed by atoms with Gasteiger partial charge in [-0.15, -0.1) is 0 Å². The van der Waals surface area contributed by atoms with Crippen LogP contribution in [0, 0.1) is 5.41 Å². The van der Waals surface area contributed by atoms with Gasteiger partial charge in [-0.3, -0.25) is 4.79 Å². The highest BCUT2D eigenvalue weighted by atomic mass is 32.2. The highest BCUT2D eigenvalue weighted by Crippen LogP contribution is 2.35. The number of likely N-dealkylation sites (tertiary alicyclic amines) is 1. The van der Waals surface area contributed by atoms with E-state index < -0.39 is 0 Å². The van der Waals surface area contributed by atoms with Crippen LogP contribution in [0.15, 0.2) is 30.3 Å². The number of carbonyl (C=O) groups is 1. The second kappa shape index (κ2) is 8.59. The third kappa shape index (κ3) is 4.75. The summed E-state index contributed by atoms with van der Waals surface area (Å²) in [6.07, 6.45) is 7.09. The monoisotopic (exact) mass is 321 g/mol. The Labute approximate surface area is 138 Å². The molecule has 0 bridgehead atoms. The molecule has 0 unspecified atom stereocenters. The third-order valence-electron chi connectivity index (χ3n) is 4.63. The number of aliphatic hydroxyl groups is 1. The van der Waals surface area contributed by atoms with Crippen LogP contribution in [0.3, 0.4) is 0 Å². The number of hydrogen-bond acceptors (Lipinski definition) is 3. The van der Waals surface area contributed by atoms with Crippen LogP contribution in [-0.4, -0.2) is 47.6 Å². The van der Waals surface area contributed by atoms with E-state index in [1.807, 2.05) is 17.2 Å². The number of amides is 1. The molecule has 0 saturated carbocycles. The van der Waals surface area contributed by atoms with E-state index in [9.17, 15) is 9.90 Å². The summed E-state index contributed by atoms with van der Waals surface area (Å²) >= 11 is 1.57. The number of piperidine rings is 1. The molecule has 1 aromatic carbocycles. The predicted molar refractivity (Wildman–Crippen MR) is 93.1 cm³/mol. The Morgan fingerprint density at radius 1 is 1.36 bits per heavy atom. The van der Waals surface area contributed by atoms with Gasteiger partial charge in [0.25, 0.3) is 0 Å². The van der Waals surface area contributed by atoms with Gasteiger partial charge in [-0.25, -0.2) is 0 Å². The Morgan fingerprint density at radius 2 is 2.14 bits per heavy atom. The molecule has 1 aromatic rings. The minimum absolute atomic E-state index is 0.0961. The van der Waals surface area contributed by atoms with Crippen molar-refractivity contribution in [1.82, 2.24) is 4.90 Å². The average molecular weight is 321 g/mol. The van der Waals surface area contributed by atoms with Gasteiger partial charge < -0.3 is 10.0 Å². The number of hydrogen-bond donors (Lipinski definition) is 1. The zero-order valence-electron chi connectivity index (χ0n) is 13.5. The van der Waals surface area contributed by atoms with Crippen LogP contribution in [0.1, 0.15) is 31.2 Å². The standard InChI is InChI=1S/C18H27NO2S/c1-22-13-17(21)19-12-6-11-18(14-19,15-20)10-5-9-16-7-3-2-4-8-16/h2-4,7-8,20H,5-6,9-15H2,1H3/t18-/m1/s1. The molecule has 1 amide bonds. The molecule has 1 N–H and O–H groups in total. The van der Waals surface area contributed by atoms with Crippen LogP contribution in [0.2, 0.25) is 0 Å². The molecule has 1 aliphatic heterocycles. The van der Waals surface area contributed by atoms with E-state index in [0.29, 0.717) is 5.75 Å². The van der Waals surface area contributed by atoms with E-state index in [1.54, 1.807) is 11.8 Å². The lowest BCUT2D eigenvalue weighted by Gasteiger charge is -2.42. The van der Waals surface area contributed by atoms with E-state index in [2.05, 4.69) is 24.3 Å². The fraction of sp³-hybridized carbons (Fsp3) is 0.611. The summed E-state index contributed by atoms with van der Waals surface area (Å²) in [5.74, 6) is 0.763. The van der Waals surface area contributed by atoms with Gasteiger partial charge in [0.15, 0.2) is 0 Å². The minimum Gasteiger partial charge on any atom is -0.396 e. The van der Waals surface area contributed by atoms with Gasteiger partial charge in [-0.2, -0.15) is 11.8 Å². The number of carbonyl (C=O) groups excluding carboxylic acids is 1. The molecule has 0 spiro atoms. The van der Waals surface area contributed by atoms with Gasteiger partial charge in [-0.05, 0) is 43.9 Å². The Bertz CT molecular complexity index is 465. The normalized spacial score (nSPS) is 21.8. The molecular weight excluding hydrogens is 294 g/mol. The highest BCUT2D eigenvalue weighted by molar-refractivity contribution is 7.99. The van der Waals surface area contributed by atoms with Crippen molar-refractivity contribution in [3.05, 3.63) is 35.9 Å². The minimum atomic E-state index is -0.0961. The molecule has 22 heavy (non-hydrogen) atoms. The smallest absolute Gasteiger partial charge is 0.232 e. The third-order valence-corrected chi connectivity index (χ3v) is 5.17. The lowest BCUT2D eigenvalue weighted by Crippen LogP contribution is -2.48. The van der Waals surface area contributed by atoms with Crippen molar-refractivity contribution < 1.29 is 9.90 Å². The van der Waals surface area contributed by atoms with Gasteiger partial charge in [0.1, 0.15) is 0 Å². The number of aliphatic hydroxyl groups excluding tert-OH is 1. The van der Waals surface area contributed by atoms with Crippen molar-refractivity contribution in [2.45, 2.75) is 32.1 Å². The fourth-order valence-corrected chi connectivity index (χ4v) is 3.79. The summed E-state index contributed by atoms with van der Waals surface area (Å²) in [4.78, 5) is 14.1. The maximum Gasteiger partial charge on any atom is 0.232 e. The van der Waals surface area contributed by atoms with E-state index in [1.165, 1.54) is 5.56 Å². The van der Waals surface area contributed by atoms with Crippen molar-refractivity contribution in [1.29, 1.82) is 0 Å². The van der Waals surface area contributed by atoms with Crippen LogP contribution < -0.4 is 0 Å². The highest BCUT2D eigenvalue weighted by Gasteiger charge is 2.35. The molecule has 4 heteroatoms. The quantitative estimate of drug-likeness (QED) is 0.839. The summed E-state index contributed by atoms with van der Waals surface area (Å²) in [5.41, 5.74) is 1.25. The van der Waals surface area contributed by atoms with Crippen LogP contribution >= 0.6 is 11.8 Å². The summed E-state index contributed by atoms with van der Waals surface area (Å²) in [6, 6.07) is 10.5. The SMILES string of the molecule is CSCC(=O)N1CCC[C@](CO)(CCCc2ccccc2)C1. The molecule has 1 atom stereocenters. The summed E-state index contributed by atoms with van der Waals surface area (Å²) in [5, 5.41) is 9.93. The largest absolute Gasteiger partial charge is 0.396 e. The van der Waals surface area contributed by atoms with Crippen molar-refractivity contribution in [3.63, 3.8) is 0 Å². The maximum atomic E-state index is 12.1. The molecule has 0 aliphatic carbocycles. The first-order chi connectivity index (χ1) is 10.7. The average Bonchev–Trinajstić information content (AvgIpc) is 2.56. The fourth-order valence-electron chi connectivity index (χ4n) is 3.36.